The van der Waals surface area contributed by atoms with Gasteiger partial charge < -0.3 is 4.52 Å². The molecule has 3 rings (SSSR count). The van der Waals surface area contributed by atoms with Crippen LogP contribution in [-0.4, -0.2) is 16.0 Å². The number of carbonyl (C=O) groups excluding carboxylic acids is 1. The van der Waals surface area contributed by atoms with Crippen LogP contribution < -0.4 is 5.32 Å². The number of hydrogen-bond acceptors (Lipinski definition) is 5. The zero-order valence-electron chi connectivity index (χ0n) is 11.9. The highest BCUT2D eigenvalue weighted by Gasteiger charge is 2.15. The first-order chi connectivity index (χ1) is 10.5. The lowest BCUT2D eigenvalue weighted by Crippen LogP contribution is -2.11. The van der Waals surface area contributed by atoms with Gasteiger partial charge in [0, 0.05) is 16.5 Å². The number of hydrogen-bond donors (Lipinski definition) is 1. The molecule has 2 heterocycles. The number of amides is 1. The molecule has 0 spiro atoms. The molecule has 0 saturated carbocycles. The molecule has 112 valence electrons. The average Bonchev–Trinajstić information content (AvgIpc) is 3.06. The molecule has 1 amide bonds. The van der Waals surface area contributed by atoms with E-state index in [2.05, 4.69) is 15.5 Å². The summed E-state index contributed by atoms with van der Waals surface area (Å²) < 4.78 is 17.8. The van der Waals surface area contributed by atoms with E-state index < -0.39 is 0 Å². The fraction of sp³-hybridized carbons (Fsp3) is 0.133. The Hall–Kier alpha value is -2.54. The zero-order chi connectivity index (χ0) is 15.7. The average molecular weight is 317 g/mol. The quantitative estimate of drug-likeness (QED) is 0.797. The van der Waals surface area contributed by atoms with Crippen LogP contribution in [0.2, 0.25) is 0 Å². The maximum Gasteiger partial charge on any atom is 0.279 e. The Balaban J connectivity index is 1.83. The van der Waals surface area contributed by atoms with Crippen LogP contribution in [0.4, 0.5) is 9.52 Å². The molecular weight excluding hydrogens is 305 g/mol. The molecular formula is C15H12FN3O2S. The van der Waals surface area contributed by atoms with Crippen LogP contribution in [0, 0.1) is 19.7 Å². The number of benzene rings is 1. The number of nitrogens with zero attached hydrogens (tertiary/aromatic N) is 2. The number of nitrogens with one attached hydrogen (secondary N) is 1. The van der Waals surface area contributed by atoms with Gasteiger partial charge in [-0.3, -0.25) is 10.1 Å². The van der Waals surface area contributed by atoms with Gasteiger partial charge in [0.1, 0.15) is 11.6 Å². The van der Waals surface area contributed by atoms with Gasteiger partial charge in [0.05, 0.1) is 5.69 Å². The summed E-state index contributed by atoms with van der Waals surface area (Å²) >= 11 is 1.35. The molecule has 0 aliphatic carbocycles. The highest BCUT2D eigenvalue weighted by atomic mass is 32.1. The van der Waals surface area contributed by atoms with E-state index in [1.807, 2.05) is 6.92 Å². The molecule has 0 saturated heterocycles. The van der Waals surface area contributed by atoms with E-state index in [-0.39, 0.29) is 17.4 Å². The van der Waals surface area contributed by atoms with Gasteiger partial charge in [0.2, 0.25) is 0 Å². The van der Waals surface area contributed by atoms with Gasteiger partial charge >= 0.3 is 0 Å². The van der Waals surface area contributed by atoms with Crippen LogP contribution in [0.15, 0.2) is 34.9 Å². The number of anilines is 1. The van der Waals surface area contributed by atoms with Crippen molar-refractivity contribution in [1.29, 1.82) is 0 Å². The molecule has 7 heteroatoms. The van der Waals surface area contributed by atoms with Crippen molar-refractivity contribution < 1.29 is 13.7 Å². The fourth-order valence-corrected chi connectivity index (χ4v) is 2.79. The number of aromatic nitrogens is 2. The minimum atomic E-state index is -0.378. The van der Waals surface area contributed by atoms with Gasteiger partial charge in [0.15, 0.2) is 10.8 Å². The SMILES string of the molecule is Cc1cc(C(=O)Nc2nc(-c3ccc(F)cc3)c(C)s2)no1. The molecule has 5 nitrogen and oxygen atoms in total. The lowest BCUT2D eigenvalue weighted by atomic mass is 10.1. The lowest BCUT2D eigenvalue weighted by molar-refractivity contribution is 0.101. The van der Waals surface area contributed by atoms with Gasteiger partial charge in [-0.1, -0.05) is 5.16 Å². The fourth-order valence-electron chi connectivity index (χ4n) is 1.96. The summed E-state index contributed by atoms with van der Waals surface area (Å²) in [6.07, 6.45) is 0. The van der Waals surface area contributed by atoms with Crippen LogP contribution in [0.3, 0.4) is 0 Å². The lowest BCUT2D eigenvalue weighted by Gasteiger charge is -1.98. The topological polar surface area (TPSA) is 68.0 Å². The van der Waals surface area contributed by atoms with Gasteiger partial charge in [-0.05, 0) is 38.1 Å². The Kier molecular flexibility index (Phi) is 3.72. The molecule has 3 aromatic rings. The van der Waals surface area contributed by atoms with E-state index in [0.717, 1.165) is 16.1 Å². The smallest absolute Gasteiger partial charge is 0.279 e. The van der Waals surface area contributed by atoms with Gasteiger partial charge in [0.25, 0.3) is 5.91 Å². The van der Waals surface area contributed by atoms with Crippen molar-refractivity contribution in [2.75, 3.05) is 5.32 Å². The number of rotatable bonds is 3. The summed E-state index contributed by atoms with van der Waals surface area (Å²) in [5.41, 5.74) is 1.72. The molecule has 2 aromatic heterocycles. The molecule has 0 bridgehead atoms. The predicted molar refractivity (Wildman–Crippen MR) is 81.4 cm³/mol. The second kappa shape index (κ2) is 5.69. The van der Waals surface area contributed by atoms with Crippen molar-refractivity contribution in [2.45, 2.75) is 13.8 Å². The van der Waals surface area contributed by atoms with Crippen molar-refractivity contribution >= 4 is 22.4 Å². The number of aryl methyl sites for hydroxylation is 2. The van der Waals surface area contributed by atoms with Crippen LogP contribution in [0.1, 0.15) is 21.1 Å². The Morgan fingerprint density at radius 1 is 1.27 bits per heavy atom. The third-order valence-electron chi connectivity index (χ3n) is 3.00. The summed E-state index contributed by atoms with van der Waals surface area (Å²) in [6.45, 7) is 3.61. The largest absolute Gasteiger partial charge is 0.361 e. The molecule has 1 N–H and O–H groups in total. The van der Waals surface area contributed by atoms with Gasteiger partial charge in [-0.2, -0.15) is 0 Å². The van der Waals surface area contributed by atoms with E-state index >= 15 is 0 Å². The van der Waals surface area contributed by atoms with Crippen molar-refractivity contribution in [3.63, 3.8) is 0 Å². The second-order valence-corrected chi connectivity index (χ2v) is 5.91. The third kappa shape index (κ3) is 2.89. The van der Waals surface area contributed by atoms with Crippen LogP contribution in [-0.2, 0) is 0 Å². The summed E-state index contributed by atoms with van der Waals surface area (Å²) in [5, 5.41) is 6.80. The summed E-state index contributed by atoms with van der Waals surface area (Å²) in [7, 11) is 0. The van der Waals surface area contributed by atoms with Crippen molar-refractivity contribution in [3.05, 3.63) is 52.5 Å². The maximum atomic E-state index is 13.0. The summed E-state index contributed by atoms with van der Waals surface area (Å²) in [6, 6.07) is 7.62. The Morgan fingerprint density at radius 2 is 2.00 bits per heavy atom. The molecule has 0 fully saturated rings. The molecule has 0 unspecified atom stereocenters. The Morgan fingerprint density at radius 3 is 2.64 bits per heavy atom. The van der Waals surface area contributed by atoms with Crippen LogP contribution in [0.25, 0.3) is 11.3 Å². The standard InChI is InChI=1S/C15H12FN3O2S/c1-8-7-12(19-21-8)14(20)18-15-17-13(9(2)22-15)10-3-5-11(16)6-4-10/h3-7H,1-2H3,(H,17,18,20). The second-order valence-electron chi connectivity index (χ2n) is 4.71. The van der Waals surface area contributed by atoms with E-state index in [1.54, 1.807) is 25.1 Å². The molecule has 1 aromatic carbocycles. The van der Waals surface area contributed by atoms with E-state index in [1.165, 1.54) is 23.5 Å². The number of carbonyl (C=O) groups is 1. The first kappa shape index (κ1) is 14.4. The monoisotopic (exact) mass is 317 g/mol. The zero-order valence-corrected chi connectivity index (χ0v) is 12.7. The van der Waals surface area contributed by atoms with E-state index in [9.17, 15) is 9.18 Å². The van der Waals surface area contributed by atoms with E-state index in [0.29, 0.717) is 10.9 Å². The van der Waals surface area contributed by atoms with Crippen molar-refractivity contribution in [2.24, 2.45) is 0 Å². The first-order valence-corrected chi connectivity index (χ1v) is 7.32. The van der Waals surface area contributed by atoms with Gasteiger partial charge in [-0.15, -0.1) is 11.3 Å². The predicted octanol–water partition coefficient (Wildman–Crippen LogP) is 3.81. The van der Waals surface area contributed by atoms with Crippen molar-refractivity contribution in [1.82, 2.24) is 10.1 Å². The minimum absolute atomic E-state index is 0.202. The molecule has 0 radical (unpaired) electrons. The third-order valence-corrected chi connectivity index (χ3v) is 3.88. The minimum Gasteiger partial charge on any atom is -0.361 e. The van der Waals surface area contributed by atoms with E-state index in [4.69, 9.17) is 4.52 Å². The van der Waals surface area contributed by atoms with Gasteiger partial charge in [-0.25, -0.2) is 9.37 Å². The van der Waals surface area contributed by atoms with Crippen LogP contribution >= 0.6 is 11.3 Å². The number of halogens is 1. The highest BCUT2D eigenvalue weighted by Crippen LogP contribution is 2.30. The first-order valence-electron chi connectivity index (χ1n) is 6.51. The number of thiazole rings is 1. The molecule has 22 heavy (non-hydrogen) atoms. The molecule has 0 aliphatic heterocycles. The molecule has 0 aliphatic rings. The maximum absolute atomic E-state index is 13.0. The molecule has 0 atom stereocenters. The summed E-state index contributed by atoms with van der Waals surface area (Å²) in [5.74, 6) is -0.115. The van der Waals surface area contributed by atoms with Crippen LogP contribution in [0.5, 0.6) is 0 Å². The highest BCUT2D eigenvalue weighted by molar-refractivity contribution is 7.16. The summed E-state index contributed by atoms with van der Waals surface area (Å²) in [4.78, 5) is 17.3. The van der Waals surface area contributed by atoms with Crippen molar-refractivity contribution in [3.8, 4) is 11.3 Å². The Labute approximate surface area is 129 Å². The normalized spacial score (nSPS) is 10.7. The Bertz CT molecular complexity index is 824.